The van der Waals surface area contributed by atoms with E-state index in [0.717, 1.165) is 34.6 Å². The second-order valence-electron chi connectivity index (χ2n) is 4.45. The number of nitrogens with one attached hydrogen (secondary N) is 1. The Hall–Kier alpha value is -0.520. The molecular formula is C13H18ClN3S2. The van der Waals surface area contributed by atoms with Crippen LogP contribution in [0.25, 0.3) is 10.2 Å². The summed E-state index contributed by atoms with van der Waals surface area (Å²) in [7, 11) is 0. The van der Waals surface area contributed by atoms with Gasteiger partial charge < -0.3 is 5.32 Å². The maximum absolute atomic E-state index is 6.00. The van der Waals surface area contributed by atoms with E-state index < -0.39 is 0 Å². The number of aromatic nitrogens is 2. The fourth-order valence-corrected chi connectivity index (χ4v) is 3.61. The molecular weight excluding hydrogens is 298 g/mol. The lowest BCUT2D eigenvalue weighted by Crippen LogP contribution is -2.17. The quantitative estimate of drug-likeness (QED) is 0.799. The van der Waals surface area contributed by atoms with Gasteiger partial charge in [-0.15, -0.1) is 11.3 Å². The zero-order valence-electron chi connectivity index (χ0n) is 11.4. The van der Waals surface area contributed by atoms with Crippen molar-refractivity contribution in [3.8, 4) is 0 Å². The molecule has 0 radical (unpaired) electrons. The molecule has 2 rings (SSSR count). The summed E-state index contributed by atoms with van der Waals surface area (Å²) in [5.74, 6) is 2.00. The molecule has 1 atom stereocenters. The Bertz CT molecular complexity index is 556. The van der Waals surface area contributed by atoms with Gasteiger partial charge in [-0.3, -0.25) is 0 Å². The number of hydrogen-bond acceptors (Lipinski definition) is 5. The van der Waals surface area contributed by atoms with E-state index in [1.165, 1.54) is 4.88 Å². The van der Waals surface area contributed by atoms with Gasteiger partial charge in [0, 0.05) is 10.9 Å². The van der Waals surface area contributed by atoms with Crippen molar-refractivity contribution in [3.05, 3.63) is 16.2 Å². The van der Waals surface area contributed by atoms with Crippen molar-refractivity contribution in [2.75, 3.05) is 17.3 Å². The highest BCUT2D eigenvalue weighted by Gasteiger charge is 2.12. The minimum absolute atomic E-state index is 0.316. The van der Waals surface area contributed by atoms with Crippen LogP contribution in [0.5, 0.6) is 0 Å². The van der Waals surface area contributed by atoms with Crippen molar-refractivity contribution >= 4 is 50.7 Å². The topological polar surface area (TPSA) is 37.8 Å². The van der Waals surface area contributed by atoms with Gasteiger partial charge in [-0.05, 0) is 49.4 Å². The van der Waals surface area contributed by atoms with Crippen molar-refractivity contribution < 1.29 is 0 Å². The molecule has 19 heavy (non-hydrogen) atoms. The first-order chi connectivity index (χ1) is 9.13. The van der Waals surface area contributed by atoms with E-state index in [9.17, 15) is 0 Å². The molecule has 0 aliphatic carbocycles. The number of rotatable bonds is 6. The minimum atomic E-state index is 0.316. The van der Waals surface area contributed by atoms with Crippen molar-refractivity contribution in [2.45, 2.75) is 32.7 Å². The van der Waals surface area contributed by atoms with Gasteiger partial charge in [0.25, 0.3) is 0 Å². The SMILES string of the molecule is CCc1cc2c(NC(C)CCSC)nc(Cl)nc2s1. The first kappa shape index (κ1) is 14.9. The Morgan fingerprint density at radius 3 is 2.95 bits per heavy atom. The van der Waals surface area contributed by atoms with Gasteiger partial charge in [-0.25, -0.2) is 9.97 Å². The van der Waals surface area contributed by atoms with Gasteiger partial charge in [0.1, 0.15) is 10.6 Å². The zero-order chi connectivity index (χ0) is 13.8. The van der Waals surface area contributed by atoms with Crippen LogP contribution in [-0.4, -0.2) is 28.0 Å². The first-order valence-electron chi connectivity index (χ1n) is 6.35. The smallest absolute Gasteiger partial charge is 0.225 e. The molecule has 1 N–H and O–H groups in total. The number of aryl methyl sites for hydroxylation is 1. The van der Waals surface area contributed by atoms with Crippen molar-refractivity contribution in [2.24, 2.45) is 0 Å². The van der Waals surface area contributed by atoms with Gasteiger partial charge in [-0.2, -0.15) is 11.8 Å². The molecule has 2 heterocycles. The maximum atomic E-state index is 6.00. The van der Waals surface area contributed by atoms with E-state index in [1.54, 1.807) is 11.3 Å². The molecule has 1 unspecified atom stereocenters. The summed E-state index contributed by atoms with van der Waals surface area (Å²) in [5.41, 5.74) is 0. The minimum Gasteiger partial charge on any atom is -0.367 e. The highest BCUT2D eigenvalue weighted by Crippen LogP contribution is 2.30. The second kappa shape index (κ2) is 6.77. The van der Waals surface area contributed by atoms with Gasteiger partial charge in [-0.1, -0.05) is 6.92 Å². The lowest BCUT2D eigenvalue weighted by Gasteiger charge is -2.14. The zero-order valence-corrected chi connectivity index (χ0v) is 13.8. The third kappa shape index (κ3) is 3.74. The Labute approximate surface area is 127 Å². The molecule has 0 aliphatic heterocycles. The third-order valence-electron chi connectivity index (χ3n) is 2.90. The first-order valence-corrected chi connectivity index (χ1v) is 8.94. The molecule has 0 aromatic carbocycles. The van der Waals surface area contributed by atoms with Gasteiger partial charge in [0.15, 0.2) is 0 Å². The van der Waals surface area contributed by atoms with Crippen molar-refractivity contribution in [1.82, 2.24) is 9.97 Å². The van der Waals surface area contributed by atoms with Crippen LogP contribution in [0.1, 0.15) is 25.1 Å². The van der Waals surface area contributed by atoms with Crippen LogP contribution in [0.4, 0.5) is 5.82 Å². The molecule has 2 aromatic rings. The Morgan fingerprint density at radius 1 is 1.47 bits per heavy atom. The Balaban J connectivity index is 2.28. The number of fused-ring (bicyclic) bond motifs is 1. The second-order valence-corrected chi connectivity index (χ2v) is 6.89. The summed E-state index contributed by atoms with van der Waals surface area (Å²) in [4.78, 5) is 10.9. The lowest BCUT2D eigenvalue weighted by molar-refractivity contribution is 0.768. The highest BCUT2D eigenvalue weighted by atomic mass is 35.5. The fraction of sp³-hybridized carbons (Fsp3) is 0.538. The van der Waals surface area contributed by atoms with Crippen LogP contribution < -0.4 is 5.32 Å². The monoisotopic (exact) mass is 315 g/mol. The van der Waals surface area contributed by atoms with Crippen LogP contribution >= 0.6 is 34.7 Å². The molecule has 0 saturated carbocycles. The number of halogens is 1. The van der Waals surface area contributed by atoms with E-state index in [4.69, 9.17) is 11.6 Å². The van der Waals surface area contributed by atoms with Crippen LogP contribution in [0, 0.1) is 0 Å². The van der Waals surface area contributed by atoms with Crippen LogP contribution in [-0.2, 0) is 6.42 Å². The summed E-state index contributed by atoms with van der Waals surface area (Å²) >= 11 is 9.55. The fourth-order valence-electron chi connectivity index (χ4n) is 1.83. The molecule has 0 saturated heterocycles. The van der Waals surface area contributed by atoms with Crippen LogP contribution in [0.3, 0.4) is 0 Å². The third-order valence-corrected chi connectivity index (χ3v) is 4.89. The van der Waals surface area contributed by atoms with Gasteiger partial charge >= 0.3 is 0 Å². The summed E-state index contributed by atoms with van der Waals surface area (Å²) in [5, 5.41) is 4.86. The molecule has 0 amide bonds. The summed E-state index contributed by atoms with van der Waals surface area (Å²) < 4.78 is 0. The van der Waals surface area contributed by atoms with E-state index in [0.29, 0.717) is 11.3 Å². The van der Waals surface area contributed by atoms with Crippen LogP contribution in [0.2, 0.25) is 5.28 Å². The highest BCUT2D eigenvalue weighted by molar-refractivity contribution is 7.98. The van der Waals surface area contributed by atoms with Crippen molar-refractivity contribution in [3.63, 3.8) is 0 Å². The molecule has 3 nitrogen and oxygen atoms in total. The summed E-state index contributed by atoms with van der Waals surface area (Å²) in [6.45, 7) is 4.32. The maximum Gasteiger partial charge on any atom is 0.225 e. The number of hydrogen-bond donors (Lipinski definition) is 1. The standard InChI is InChI=1S/C13H18ClN3S2/c1-4-9-7-10-11(15-8(2)5-6-18-3)16-13(14)17-12(10)19-9/h7-8H,4-6H2,1-3H3,(H,15,16,17). The number of thioether (sulfide) groups is 1. The molecule has 0 spiro atoms. The average molecular weight is 316 g/mol. The summed E-state index contributed by atoms with van der Waals surface area (Å²) in [6.07, 6.45) is 4.24. The Morgan fingerprint density at radius 2 is 2.26 bits per heavy atom. The molecule has 0 fully saturated rings. The average Bonchev–Trinajstić information content (AvgIpc) is 2.79. The predicted octanol–water partition coefficient (Wildman–Crippen LogP) is 4.46. The van der Waals surface area contributed by atoms with Crippen molar-refractivity contribution in [1.29, 1.82) is 0 Å². The number of thiophene rings is 1. The molecule has 0 aliphatic rings. The molecule has 6 heteroatoms. The van der Waals surface area contributed by atoms with Gasteiger partial charge in [0.2, 0.25) is 5.28 Å². The summed E-state index contributed by atoms with van der Waals surface area (Å²) in [6, 6.07) is 2.55. The lowest BCUT2D eigenvalue weighted by atomic mass is 10.2. The molecule has 2 aromatic heterocycles. The largest absolute Gasteiger partial charge is 0.367 e. The van der Waals surface area contributed by atoms with E-state index >= 15 is 0 Å². The van der Waals surface area contributed by atoms with Crippen LogP contribution in [0.15, 0.2) is 6.07 Å². The number of nitrogens with zero attached hydrogens (tertiary/aromatic N) is 2. The van der Waals surface area contributed by atoms with E-state index in [2.05, 4.69) is 41.5 Å². The normalized spacial score (nSPS) is 12.8. The van der Waals surface area contributed by atoms with E-state index in [-0.39, 0.29) is 0 Å². The van der Waals surface area contributed by atoms with Gasteiger partial charge in [0.05, 0.1) is 5.39 Å². The molecule has 104 valence electrons. The molecule has 0 bridgehead atoms. The Kier molecular flexibility index (Phi) is 5.30. The predicted molar refractivity (Wildman–Crippen MR) is 87.9 cm³/mol. The van der Waals surface area contributed by atoms with E-state index in [1.807, 2.05) is 11.8 Å². The number of anilines is 1.